The van der Waals surface area contributed by atoms with E-state index >= 15 is 0 Å². The number of likely N-dealkylation sites (tertiary alicyclic amines) is 1. The average molecular weight is 289 g/mol. The van der Waals surface area contributed by atoms with Crippen molar-refractivity contribution in [2.45, 2.75) is 25.7 Å². The molecule has 0 spiro atoms. The van der Waals surface area contributed by atoms with Crippen LogP contribution >= 0.6 is 11.3 Å². The molecule has 5 heteroatoms. The first-order valence-corrected chi connectivity index (χ1v) is 8.02. The normalized spacial score (nSPS) is 19.2. The van der Waals surface area contributed by atoms with Gasteiger partial charge in [-0.3, -0.25) is 9.89 Å². The van der Waals surface area contributed by atoms with Crippen molar-refractivity contribution in [3.8, 4) is 0 Å². The van der Waals surface area contributed by atoms with Gasteiger partial charge in [0, 0.05) is 25.0 Å². The van der Waals surface area contributed by atoms with Crippen molar-refractivity contribution in [3.63, 3.8) is 0 Å². The van der Waals surface area contributed by atoms with Crippen molar-refractivity contribution in [1.82, 2.24) is 15.1 Å². The maximum absolute atomic E-state index is 12.3. The fourth-order valence-corrected chi connectivity index (χ4v) is 3.52. The third-order valence-electron chi connectivity index (χ3n) is 3.87. The largest absolute Gasteiger partial charge is 0.342 e. The summed E-state index contributed by atoms with van der Waals surface area (Å²) in [5, 5.41) is 11.1. The molecule has 106 valence electrons. The highest BCUT2D eigenvalue weighted by atomic mass is 32.1. The molecule has 1 N–H and O–H groups in total. The number of thiophene rings is 1. The molecule has 0 radical (unpaired) electrons. The third kappa shape index (κ3) is 3.28. The average Bonchev–Trinajstić information content (AvgIpc) is 3.12. The van der Waals surface area contributed by atoms with E-state index < -0.39 is 0 Å². The molecule has 2 aromatic heterocycles. The summed E-state index contributed by atoms with van der Waals surface area (Å²) >= 11 is 1.65. The first-order chi connectivity index (χ1) is 9.81. The molecule has 20 heavy (non-hydrogen) atoms. The summed E-state index contributed by atoms with van der Waals surface area (Å²) in [5.74, 6) is 0.813. The van der Waals surface area contributed by atoms with E-state index in [4.69, 9.17) is 0 Å². The molecule has 1 fully saturated rings. The van der Waals surface area contributed by atoms with Crippen LogP contribution in [0.15, 0.2) is 29.1 Å². The van der Waals surface area contributed by atoms with E-state index in [1.54, 1.807) is 17.5 Å². The van der Waals surface area contributed by atoms with Crippen molar-refractivity contribution < 1.29 is 4.79 Å². The van der Waals surface area contributed by atoms with Crippen LogP contribution in [0.5, 0.6) is 0 Å². The highest BCUT2D eigenvalue weighted by Gasteiger charge is 2.24. The Labute approximate surface area is 122 Å². The molecule has 0 aliphatic carbocycles. The molecule has 1 aliphatic rings. The van der Waals surface area contributed by atoms with Crippen molar-refractivity contribution in [3.05, 3.63) is 40.3 Å². The predicted octanol–water partition coefficient (Wildman–Crippen LogP) is 2.50. The van der Waals surface area contributed by atoms with Gasteiger partial charge in [0.1, 0.15) is 0 Å². The molecule has 4 nitrogen and oxygen atoms in total. The first-order valence-electron chi connectivity index (χ1n) is 7.08. The standard InChI is InChI=1S/C15H19N3OS/c19-15(9-13-4-7-20-11-13)18-6-1-2-12(10-18)8-14-3-5-16-17-14/h3-5,7,11-12H,1-2,6,8-10H2,(H,16,17)/t12-/m1/s1. The molecule has 1 amide bonds. The van der Waals surface area contributed by atoms with Crippen molar-refractivity contribution in [2.24, 2.45) is 5.92 Å². The number of carbonyl (C=O) groups excluding carboxylic acids is 1. The topological polar surface area (TPSA) is 49.0 Å². The van der Waals surface area contributed by atoms with Gasteiger partial charge in [0.05, 0.1) is 6.42 Å². The molecule has 3 rings (SSSR count). The minimum Gasteiger partial charge on any atom is -0.342 e. The van der Waals surface area contributed by atoms with Crippen LogP contribution in [0.25, 0.3) is 0 Å². The van der Waals surface area contributed by atoms with Crippen LogP contribution in [0.4, 0.5) is 0 Å². The second-order valence-corrected chi connectivity index (χ2v) is 6.22. The molecule has 0 bridgehead atoms. The van der Waals surface area contributed by atoms with Gasteiger partial charge in [0.25, 0.3) is 0 Å². The number of hydrogen-bond acceptors (Lipinski definition) is 3. The van der Waals surface area contributed by atoms with Crippen LogP contribution in [-0.2, 0) is 17.6 Å². The van der Waals surface area contributed by atoms with Gasteiger partial charge in [-0.2, -0.15) is 16.4 Å². The lowest BCUT2D eigenvalue weighted by molar-refractivity contribution is -0.132. The van der Waals surface area contributed by atoms with Crippen molar-refractivity contribution >= 4 is 17.2 Å². The summed E-state index contributed by atoms with van der Waals surface area (Å²) in [5.41, 5.74) is 2.30. The summed E-state index contributed by atoms with van der Waals surface area (Å²) in [6, 6.07) is 4.06. The second-order valence-electron chi connectivity index (χ2n) is 5.44. The van der Waals surface area contributed by atoms with Gasteiger partial charge in [0.2, 0.25) is 5.91 Å². The Kier molecular flexibility index (Phi) is 4.16. The van der Waals surface area contributed by atoms with Crippen LogP contribution < -0.4 is 0 Å². The lowest BCUT2D eigenvalue weighted by atomic mass is 9.93. The Bertz CT molecular complexity index is 535. The molecule has 2 aromatic rings. The molecule has 0 saturated carbocycles. The lowest BCUT2D eigenvalue weighted by Gasteiger charge is -2.32. The summed E-state index contributed by atoms with van der Waals surface area (Å²) in [7, 11) is 0. The SMILES string of the molecule is O=C(Cc1ccsc1)N1CCC[C@H](Cc2ccn[nH]2)C1. The monoisotopic (exact) mass is 289 g/mol. The number of H-pyrrole nitrogens is 1. The number of carbonyl (C=O) groups is 1. The van der Waals surface area contributed by atoms with E-state index in [-0.39, 0.29) is 5.91 Å². The quantitative estimate of drug-likeness (QED) is 0.940. The maximum Gasteiger partial charge on any atom is 0.227 e. The van der Waals surface area contributed by atoms with Gasteiger partial charge in [-0.25, -0.2) is 0 Å². The summed E-state index contributed by atoms with van der Waals surface area (Å²) in [6.07, 6.45) is 5.62. The number of hydrogen-bond donors (Lipinski definition) is 1. The summed E-state index contributed by atoms with van der Waals surface area (Å²) in [6.45, 7) is 1.78. The lowest BCUT2D eigenvalue weighted by Crippen LogP contribution is -2.41. The van der Waals surface area contributed by atoms with Gasteiger partial charge >= 0.3 is 0 Å². The highest BCUT2D eigenvalue weighted by Crippen LogP contribution is 2.21. The van der Waals surface area contributed by atoms with Crippen molar-refractivity contribution in [1.29, 1.82) is 0 Å². The van der Waals surface area contributed by atoms with Crippen LogP contribution in [0.3, 0.4) is 0 Å². The van der Waals surface area contributed by atoms with Crippen LogP contribution in [-0.4, -0.2) is 34.1 Å². The van der Waals surface area contributed by atoms with E-state index in [0.29, 0.717) is 12.3 Å². The fourth-order valence-electron chi connectivity index (χ4n) is 2.85. The number of piperidine rings is 1. The second kappa shape index (κ2) is 6.22. The maximum atomic E-state index is 12.3. The third-order valence-corrected chi connectivity index (χ3v) is 4.61. The first kappa shape index (κ1) is 13.4. The zero-order chi connectivity index (χ0) is 13.8. The Morgan fingerprint density at radius 2 is 2.45 bits per heavy atom. The van der Waals surface area contributed by atoms with Gasteiger partial charge in [0.15, 0.2) is 0 Å². The van der Waals surface area contributed by atoms with Crippen LogP contribution in [0.1, 0.15) is 24.1 Å². The number of rotatable bonds is 4. The zero-order valence-electron chi connectivity index (χ0n) is 11.4. The van der Waals surface area contributed by atoms with Gasteiger partial charge < -0.3 is 4.90 Å². The molecule has 1 aliphatic heterocycles. The molecule has 1 atom stereocenters. The minimum absolute atomic E-state index is 0.262. The number of aromatic nitrogens is 2. The van der Waals surface area contributed by atoms with E-state index in [9.17, 15) is 4.79 Å². The number of nitrogens with one attached hydrogen (secondary N) is 1. The number of nitrogens with zero attached hydrogens (tertiary/aromatic N) is 2. The number of aromatic amines is 1. The minimum atomic E-state index is 0.262. The van der Waals surface area contributed by atoms with Gasteiger partial charge in [-0.15, -0.1) is 0 Å². The summed E-state index contributed by atoms with van der Waals surface area (Å²) in [4.78, 5) is 14.4. The molecule has 1 saturated heterocycles. The Balaban J connectivity index is 1.56. The van der Waals surface area contributed by atoms with E-state index in [1.807, 2.05) is 22.4 Å². The Morgan fingerprint density at radius 1 is 1.50 bits per heavy atom. The molecular formula is C15H19N3OS. The van der Waals surface area contributed by atoms with E-state index in [1.165, 1.54) is 12.1 Å². The van der Waals surface area contributed by atoms with Crippen LogP contribution in [0.2, 0.25) is 0 Å². The van der Waals surface area contributed by atoms with Gasteiger partial charge in [-0.05, 0) is 53.6 Å². The molecule has 3 heterocycles. The molecule has 0 unspecified atom stereocenters. The van der Waals surface area contributed by atoms with Crippen LogP contribution in [0, 0.1) is 5.92 Å². The molecule has 0 aromatic carbocycles. The fraction of sp³-hybridized carbons (Fsp3) is 0.467. The molecular weight excluding hydrogens is 270 g/mol. The predicted molar refractivity (Wildman–Crippen MR) is 79.6 cm³/mol. The number of amides is 1. The Hall–Kier alpha value is -1.62. The smallest absolute Gasteiger partial charge is 0.227 e. The van der Waals surface area contributed by atoms with Gasteiger partial charge in [-0.1, -0.05) is 0 Å². The van der Waals surface area contributed by atoms with E-state index in [0.717, 1.165) is 31.5 Å². The highest BCUT2D eigenvalue weighted by molar-refractivity contribution is 7.07. The Morgan fingerprint density at radius 3 is 3.20 bits per heavy atom. The van der Waals surface area contributed by atoms with Crippen molar-refractivity contribution in [2.75, 3.05) is 13.1 Å². The zero-order valence-corrected chi connectivity index (χ0v) is 12.2. The summed E-state index contributed by atoms with van der Waals surface area (Å²) < 4.78 is 0. The van der Waals surface area contributed by atoms with E-state index in [2.05, 4.69) is 15.6 Å².